The van der Waals surface area contributed by atoms with E-state index in [1.165, 1.54) is 34.1 Å². The lowest BCUT2D eigenvalue weighted by Gasteiger charge is -2.41. The van der Waals surface area contributed by atoms with Crippen LogP contribution in [-0.2, 0) is 24.4 Å². The molecular formula is C70H72Cl3N9O10. The highest BCUT2D eigenvalue weighted by molar-refractivity contribution is 6.38. The highest BCUT2D eigenvalue weighted by Gasteiger charge is 2.42. The zero-order valence-electron chi connectivity index (χ0n) is 52.7. The van der Waals surface area contributed by atoms with E-state index in [4.69, 9.17) is 10.2 Å². The van der Waals surface area contributed by atoms with Gasteiger partial charge in [0.25, 0.3) is 35.4 Å². The minimum atomic E-state index is -1.06. The first-order valence-electron chi connectivity index (χ1n) is 29.8. The highest BCUT2D eigenvalue weighted by Crippen LogP contribution is 2.46. The van der Waals surface area contributed by atoms with Gasteiger partial charge < -0.3 is 75.6 Å². The molecule has 2 N–H and O–H groups in total. The molecule has 0 bridgehead atoms. The van der Waals surface area contributed by atoms with E-state index in [1.54, 1.807) is 24.3 Å². The van der Waals surface area contributed by atoms with Gasteiger partial charge in [0.15, 0.2) is 20.0 Å². The molecule has 478 valence electrons. The molecule has 0 saturated heterocycles. The fourth-order valence-corrected chi connectivity index (χ4v) is 14.6. The quantitative estimate of drug-likeness (QED) is 0.118. The van der Waals surface area contributed by atoms with Gasteiger partial charge in [-0.05, 0) is 85.6 Å². The third-order valence-electron chi connectivity index (χ3n) is 17.7. The van der Waals surface area contributed by atoms with Gasteiger partial charge in [-0.2, -0.15) is 0 Å². The van der Waals surface area contributed by atoms with Crippen LogP contribution in [0.4, 0.5) is 28.4 Å². The molecule has 0 radical (unpaired) electrons. The number of carbonyl (C=O) groups is 8. The average Bonchev–Trinajstić information content (AvgIpc) is 0.735. The van der Waals surface area contributed by atoms with E-state index in [-0.39, 0.29) is 72.8 Å². The van der Waals surface area contributed by atoms with Crippen molar-refractivity contribution in [3.05, 3.63) is 183 Å². The number of fused-ring (bicyclic) bond motifs is 6. The first-order chi connectivity index (χ1) is 42.2. The molecule has 0 spiro atoms. The molecule has 0 aliphatic carbocycles. The number of aromatic carboxylic acids is 1. The summed E-state index contributed by atoms with van der Waals surface area (Å²) in [5.41, 5.74) is 11.1. The molecule has 6 heterocycles. The van der Waals surface area contributed by atoms with Crippen molar-refractivity contribution in [3.8, 4) is 0 Å². The minimum absolute atomic E-state index is 0. The summed E-state index contributed by atoms with van der Waals surface area (Å²) in [6, 6.07) is 37.9. The number of quaternary nitrogens is 3. The maximum Gasteiger partial charge on any atom is 0.335 e. The van der Waals surface area contributed by atoms with Crippen LogP contribution in [0.15, 0.2) is 127 Å². The number of aliphatic carboxylic acids is 1. The summed E-state index contributed by atoms with van der Waals surface area (Å²) in [6.07, 6.45) is 1.93. The molecule has 0 saturated carbocycles. The number of carboxylic acid groups (broad SMARTS) is 2. The van der Waals surface area contributed by atoms with Crippen molar-refractivity contribution >= 4 is 108 Å². The molecule has 14 rings (SSSR count). The van der Waals surface area contributed by atoms with Gasteiger partial charge in [-0.3, -0.25) is 38.5 Å². The molecule has 0 fully saturated rings. The molecule has 0 atom stereocenters. The molecule has 6 aliphatic heterocycles. The first kappa shape index (κ1) is 67.4. The fraction of sp³-hybridized carbons (Fsp3) is 0.286. The lowest BCUT2D eigenvalue weighted by atomic mass is 9.89. The second-order valence-corrected chi connectivity index (χ2v) is 26.3. The summed E-state index contributed by atoms with van der Waals surface area (Å²) >= 11 is 0. The van der Waals surface area contributed by atoms with Crippen LogP contribution in [0.1, 0.15) is 115 Å². The third-order valence-corrected chi connectivity index (χ3v) is 17.7. The van der Waals surface area contributed by atoms with Crippen molar-refractivity contribution in [2.75, 3.05) is 114 Å². The van der Waals surface area contributed by atoms with E-state index < -0.39 is 23.8 Å². The second-order valence-electron chi connectivity index (χ2n) is 26.3. The topological polar surface area (TPSA) is 196 Å². The van der Waals surface area contributed by atoms with E-state index in [9.17, 15) is 38.4 Å². The Morgan fingerprint density at radius 2 is 0.761 bits per heavy atom. The Kier molecular flexibility index (Phi) is 18.5. The van der Waals surface area contributed by atoms with Crippen LogP contribution >= 0.6 is 0 Å². The lowest BCUT2D eigenvalue weighted by Crippen LogP contribution is -3.00. The van der Waals surface area contributed by atoms with Crippen molar-refractivity contribution in [2.24, 2.45) is 0 Å². The van der Waals surface area contributed by atoms with Crippen molar-refractivity contribution in [2.45, 2.75) is 45.3 Å². The van der Waals surface area contributed by atoms with E-state index in [0.717, 1.165) is 119 Å². The van der Waals surface area contributed by atoms with Gasteiger partial charge in [-0.15, -0.1) is 0 Å². The summed E-state index contributed by atoms with van der Waals surface area (Å²) in [5, 5.41) is 23.0. The lowest BCUT2D eigenvalue weighted by molar-refractivity contribution is -0.904. The molecule has 0 aromatic heterocycles. The first-order valence-corrected chi connectivity index (χ1v) is 29.8. The molecule has 19 nitrogen and oxygen atoms in total. The summed E-state index contributed by atoms with van der Waals surface area (Å²) in [5.74, 6) is -3.69. The van der Waals surface area contributed by atoms with Crippen LogP contribution in [0, 0.1) is 0 Å². The number of halogens is 3. The maximum absolute atomic E-state index is 13.5. The van der Waals surface area contributed by atoms with E-state index in [1.807, 2.05) is 85.9 Å². The van der Waals surface area contributed by atoms with Crippen molar-refractivity contribution in [1.82, 2.24) is 4.90 Å². The maximum atomic E-state index is 13.5. The van der Waals surface area contributed by atoms with Crippen molar-refractivity contribution < 1.29 is 99.2 Å². The Labute approximate surface area is 552 Å². The fourth-order valence-electron chi connectivity index (χ4n) is 14.6. The van der Waals surface area contributed by atoms with E-state index in [0.29, 0.717) is 75.9 Å². The molecular weight excluding hydrogens is 1230 g/mol. The van der Waals surface area contributed by atoms with Gasteiger partial charge in [0, 0.05) is 116 Å². The summed E-state index contributed by atoms with van der Waals surface area (Å²) in [6.45, 7) is 5.32. The van der Waals surface area contributed by atoms with Crippen LogP contribution in [0.3, 0.4) is 0 Å². The predicted octanol–water partition coefficient (Wildman–Crippen LogP) is 1.02. The van der Waals surface area contributed by atoms with Crippen LogP contribution in [0.25, 0.3) is 32.3 Å². The standard InChI is InChI=1S/C24H21N3O4.C23H27N3O4.C23H22N3O2.3ClH/c1-25-13-27(2,3)12-15-11-19-20-17(21(15)25)5-4-6-18(20)22(28)26(23(19)29)16-9-7-14(8-10-16)24(30)31;1-24-14-26(2,3)13-15-12-18-20-16(21(15)24)8-7-9-17(20)22(29)25(23(18)30)11-6-4-5-10-19(27)28;1-24-14-26(2,3)13-15-12-19-20-17(21(15)24)10-7-11-18(20)22(27)25(23(19)28)16-8-5-4-6-9-16;;;/h4-11H,12-13H2,1-3H3;7-9,12H,4-6,10-11,13-14H2,1-3H3;4-12H,13-14H2,1-3H3;3*1H/q;;+1;;;/p-1. The summed E-state index contributed by atoms with van der Waals surface area (Å²) in [7, 11) is 19.2. The van der Waals surface area contributed by atoms with E-state index in [2.05, 4.69) is 71.1 Å². The number of para-hydroxylation sites is 1. The van der Waals surface area contributed by atoms with Crippen LogP contribution in [0.2, 0.25) is 0 Å². The van der Waals surface area contributed by atoms with Crippen molar-refractivity contribution in [1.29, 1.82) is 0 Å². The Morgan fingerprint density at radius 3 is 1.14 bits per heavy atom. The number of nitrogens with zero attached hydrogens (tertiary/aromatic N) is 9. The zero-order chi connectivity index (χ0) is 63.3. The van der Waals surface area contributed by atoms with Gasteiger partial charge >= 0.3 is 11.9 Å². The SMILES string of the molecule is CN1C[N+](C)(C)Cc2cc3c4c(cccc4c21)C(=O)N(CCCCCC(=O)O)C3=O.CN1C[N+](C)(C)Cc2cc3c4c(cccc4c21)C(=O)N(c1ccc(C(=O)O)cc1)C3=O.CN1C[N+](C)(C)Cc2cc3c4c(cccc4c21)C(=O)N(c1ccccc1)C3=O.[Cl-].[Cl-].[Cl-]. The molecule has 6 amide bonds. The Balaban J connectivity index is 0.000000161. The molecule has 8 aromatic carbocycles. The molecule has 8 aromatic rings. The number of carbonyl (C=O) groups excluding carboxylic acids is 6. The normalized spacial score (nSPS) is 16.9. The number of hydrogen-bond acceptors (Lipinski definition) is 11. The summed E-state index contributed by atoms with van der Waals surface area (Å²) in [4.78, 5) is 112. The third kappa shape index (κ3) is 11.9. The number of anilines is 5. The molecule has 6 aliphatic rings. The smallest absolute Gasteiger partial charge is 0.335 e. The highest BCUT2D eigenvalue weighted by atomic mass is 35.5. The average molecular weight is 1310 g/mol. The van der Waals surface area contributed by atoms with Crippen molar-refractivity contribution in [3.63, 3.8) is 0 Å². The van der Waals surface area contributed by atoms with Gasteiger partial charge in [0.05, 0.1) is 76.3 Å². The molecule has 0 unspecified atom stereocenters. The van der Waals surface area contributed by atoms with Gasteiger partial charge in [0.2, 0.25) is 0 Å². The van der Waals surface area contributed by atoms with Gasteiger partial charge in [-0.25, -0.2) is 14.6 Å². The predicted molar refractivity (Wildman–Crippen MR) is 343 cm³/mol. The van der Waals surface area contributed by atoms with E-state index >= 15 is 0 Å². The second kappa shape index (κ2) is 25.3. The van der Waals surface area contributed by atoms with Crippen LogP contribution in [0.5, 0.6) is 0 Å². The number of carboxylic acids is 2. The number of hydrogen-bond donors (Lipinski definition) is 2. The number of amides is 6. The minimum Gasteiger partial charge on any atom is -1.00 e. The Hall–Kier alpha value is -8.95. The molecule has 22 heteroatoms. The Morgan fingerprint density at radius 1 is 0.413 bits per heavy atom. The number of rotatable bonds is 9. The van der Waals surface area contributed by atoms with Gasteiger partial charge in [-0.1, -0.05) is 61.0 Å². The number of imide groups is 3. The van der Waals surface area contributed by atoms with Crippen LogP contribution in [-0.4, -0.2) is 166 Å². The van der Waals surface area contributed by atoms with Gasteiger partial charge in [0.1, 0.15) is 19.6 Å². The monoisotopic (exact) mass is 1300 g/mol. The largest absolute Gasteiger partial charge is 1.00 e. The van der Waals surface area contributed by atoms with Crippen LogP contribution < -0.4 is 61.7 Å². The summed E-state index contributed by atoms with van der Waals surface area (Å²) < 4.78 is 2.39. The molecule has 92 heavy (non-hydrogen) atoms. The number of benzene rings is 8. The zero-order valence-corrected chi connectivity index (χ0v) is 55.0. The Bertz CT molecular complexity index is 4410. The number of unbranched alkanes of at least 4 members (excludes halogenated alkanes) is 2.